The van der Waals surface area contributed by atoms with Gasteiger partial charge in [0, 0.05) is 6.54 Å². The quantitative estimate of drug-likeness (QED) is 0.794. The largest absolute Gasteiger partial charge is 0.323 e. The van der Waals surface area contributed by atoms with Crippen molar-refractivity contribution in [3.8, 4) is 0 Å². The third-order valence-electron chi connectivity index (χ3n) is 3.35. The fraction of sp³-hybridized carbons (Fsp3) is 0.375. The molecular formula is C16H21N3O. The van der Waals surface area contributed by atoms with Crippen LogP contribution in [0.15, 0.2) is 36.9 Å². The molecule has 2 rings (SSSR count). The monoisotopic (exact) mass is 271 g/mol. The highest BCUT2D eigenvalue weighted by Crippen LogP contribution is 2.26. The molecule has 0 saturated carbocycles. The minimum atomic E-state index is -0.325. The summed E-state index contributed by atoms with van der Waals surface area (Å²) in [6.45, 7) is 8.48. The highest BCUT2D eigenvalue weighted by Gasteiger charge is 2.35. The molecular weight excluding hydrogens is 250 g/mol. The predicted octanol–water partition coefficient (Wildman–Crippen LogP) is 3.11. The molecule has 1 fully saturated rings. The molecule has 0 spiro atoms. The number of carbonyl (C=O) groups is 1. The number of nitrogens with zero attached hydrogens (tertiary/aromatic N) is 1. The van der Waals surface area contributed by atoms with Crippen molar-refractivity contribution < 1.29 is 4.79 Å². The molecule has 0 radical (unpaired) electrons. The van der Waals surface area contributed by atoms with Gasteiger partial charge in [-0.15, -0.1) is 6.58 Å². The third kappa shape index (κ3) is 2.90. The van der Waals surface area contributed by atoms with Crippen LogP contribution in [-0.4, -0.2) is 23.3 Å². The first-order chi connectivity index (χ1) is 9.52. The summed E-state index contributed by atoms with van der Waals surface area (Å²) in [6.07, 6.45) is 2.72. The van der Waals surface area contributed by atoms with Crippen LogP contribution in [0.3, 0.4) is 0 Å². The molecule has 0 aliphatic carbocycles. The lowest BCUT2D eigenvalue weighted by Crippen LogP contribution is -2.29. The molecule has 1 aliphatic rings. The van der Waals surface area contributed by atoms with Gasteiger partial charge in [-0.3, -0.25) is 10.7 Å². The Labute approximate surface area is 120 Å². The molecule has 1 saturated heterocycles. The van der Waals surface area contributed by atoms with Gasteiger partial charge in [-0.1, -0.05) is 44.2 Å². The Morgan fingerprint density at radius 1 is 1.40 bits per heavy atom. The number of urea groups is 1. The molecule has 1 atom stereocenters. The first kappa shape index (κ1) is 14.3. The number of hydrogen-bond donors (Lipinski definition) is 2. The Balaban J connectivity index is 2.22. The van der Waals surface area contributed by atoms with Crippen LogP contribution in [0, 0.1) is 11.3 Å². The van der Waals surface area contributed by atoms with Gasteiger partial charge in [-0.05, 0) is 23.5 Å². The van der Waals surface area contributed by atoms with Gasteiger partial charge in [0.2, 0.25) is 0 Å². The van der Waals surface area contributed by atoms with E-state index in [1.54, 1.807) is 11.0 Å². The van der Waals surface area contributed by atoms with E-state index in [0.717, 1.165) is 12.0 Å². The Hall–Kier alpha value is -2.10. The summed E-state index contributed by atoms with van der Waals surface area (Å²) < 4.78 is 0. The zero-order valence-electron chi connectivity index (χ0n) is 12.0. The van der Waals surface area contributed by atoms with Crippen molar-refractivity contribution in [1.82, 2.24) is 10.2 Å². The van der Waals surface area contributed by atoms with Gasteiger partial charge in [0.25, 0.3) is 0 Å². The van der Waals surface area contributed by atoms with Gasteiger partial charge in [0.15, 0.2) is 0 Å². The first-order valence-corrected chi connectivity index (χ1v) is 6.88. The van der Waals surface area contributed by atoms with E-state index in [-0.39, 0.29) is 17.9 Å². The lowest BCUT2D eigenvalue weighted by atomic mass is 9.99. The zero-order chi connectivity index (χ0) is 14.7. The summed E-state index contributed by atoms with van der Waals surface area (Å²) in [6, 6.07) is 7.62. The van der Waals surface area contributed by atoms with Crippen molar-refractivity contribution in [2.24, 2.45) is 5.92 Å². The lowest BCUT2D eigenvalue weighted by molar-refractivity contribution is 0.211. The average Bonchev–Trinajstić information content (AvgIpc) is 2.65. The number of benzene rings is 1. The number of hydrogen-bond acceptors (Lipinski definition) is 2. The fourth-order valence-corrected chi connectivity index (χ4v) is 2.51. The minimum Gasteiger partial charge on any atom is -0.307 e. The number of nitrogens with one attached hydrogen (secondary N) is 2. The van der Waals surface area contributed by atoms with Crippen molar-refractivity contribution in [1.29, 1.82) is 5.41 Å². The summed E-state index contributed by atoms with van der Waals surface area (Å²) in [5.74, 6) is 0.847. The van der Waals surface area contributed by atoms with E-state index in [0.29, 0.717) is 12.5 Å². The SMILES string of the molecule is C=CCN1C(=O)NC(=N)C1c1ccc(CC(C)C)cc1. The van der Waals surface area contributed by atoms with E-state index in [1.807, 2.05) is 12.1 Å². The highest BCUT2D eigenvalue weighted by molar-refractivity contribution is 6.06. The van der Waals surface area contributed by atoms with Crippen molar-refractivity contribution in [3.63, 3.8) is 0 Å². The van der Waals surface area contributed by atoms with Crippen LogP contribution in [-0.2, 0) is 6.42 Å². The van der Waals surface area contributed by atoms with Gasteiger partial charge < -0.3 is 4.90 Å². The van der Waals surface area contributed by atoms with Crippen LogP contribution in [0.25, 0.3) is 0 Å². The molecule has 0 bridgehead atoms. The third-order valence-corrected chi connectivity index (χ3v) is 3.35. The van der Waals surface area contributed by atoms with Gasteiger partial charge in [0.05, 0.1) is 0 Å². The van der Waals surface area contributed by atoms with Gasteiger partial charge in [-0.2, -0.15) is 0 Å². The van der Waals surface area contributed by atoms with Gasteiger partial charge in [0.1, 0.15) is 11.9 Å². The summed E-state index contributed by atoms with van der Waals surface area (Å²) in [5, 5.41) is 10.5. The summed E-state index contributed by atoms with van der Waals surface area (Å²) >= 11 is 0. The molecule has 106 valence electrons. The average molecular weight is 271 g/mol. The van der Waals surface area contributed by atoms with Gasteiger partial charge >= 0.3 is 6.03 Å². The standard InChI is InChI=1S/C16H21N3O/c1-4-9-19-14(15(17)18-16(19)20)13-7-5-12(6-8-13)10-11(2)3/h4-8,11,14H,1,9-10H2,2-3H3,(H2,17,18,20). The Kier molecular flexibility index (Phi) is 4.23. The number of carbonyl (C=O) groups excluding carboxylic acids is 1. The number of amidine groups is 1. The molecule has 4 nitrogen and oxygen atoms in total. The second-order valence-electron chi connectivity index (χ2n) is 5.53. The van der Waals surface area contributed by atoms with Crippen molar-refractivity contribution in [2.45, 2.75) is 26.3 Å². The van der Waals surface area contributed by atoms with Gasteiger partial charge in [-0.25, -0.2) is 4.79 Å². The van der Waals surface area contributed by atoms with Crippen molar-refractivity contribution >= 4 is 11.9 Å². The molecule has 1 aromatic rings. The number of rotatable bonds is 5. The van der Waals surface area contributed by atoms with Crippen molar-refractivity contribution in [2.75, 3.05) is 6.54 Å². The minimum absolute atomic E-state index is 0.230. The topological polar surface area (TPSA) is 56.2 Å². The van der Waals surface area contributed by atoms with E-state index in [9.17, 15) is 4.79 Å². The smallest absolute Gasteiger partial charge is 0.307 e. The predicted molar refractivity (Wildman–Crippen MR) is 80.9 cm³/mol. The van der Waals surface area contributed by atoms with Crippen LogP contribution < -0.4 is 5.32 Å². The molecule has 2 amide bonds. The van der Waals surface area contributed by atoms with Crippen LogP contribution in [0.2, 0.25) is 0 Å². The van der Waals surface area contributed by atoms with E-state index in [1.165, 1.54) is 5.56 Å². The van der Waals surface area contributed by atoms with Crippen LogP contribution in [0.1, 0.15) is 31.0 Å². The first-order valence-electron chi connectivity index (χ1n) is 6.88. The maximum atomic E-state index is 11.8. The normalized spacial score (nSPS) is 18.6. The Bertz CT molecular complexity index is 519. The summed E-state index contributed by atoms with van der Waals surface area (Å²) in [7, 11) is 0. The summed E-state index contributed by atoms with van der Waals surface area (Å²) in [4.78, 5) is 13.4. The fourth-order valence-electron chi connectivity index (χ4n) is 2.51. The van der Waals surface area contributed by atoms with Crippen molar-refractivity contribution in [3.05, 3.63) is 48.0 Å². The second kappa shape index (κ2) is 5.90. The molecule has 4 heteroatoms. The highest BCUT2D eigenvalue weighted by atomic mass is 16.2. The Morgan fingerprint density at radius 2 is 2.05 bits per heavy atom. The maximum absolute atomic E-state index is 11.8. The van der Waals surface area contributed by atoms with E-state index >= 15 is 0 Å². The van der Waals surface area contributed by atoms with E-state index in [2.05, 4.69) is 37.9 Å². The maximum Gasteiger partial charge on any atom is 0.323 e. The molecule has 1 aliphatic heterocycles. The molecule has 1 aromatic carbocycles. The van der Waals surface area contributed by atoms with E-state index in [4.69, 9.17) is 5.41 Å². The van der Waals surface area contributed by atoms with E-state index < -0.39 is 0 Å². The second-order valence-corrected chi connectivity index (χ2v) is 5.53. The zero-order valence-corrected chi connectivity index (χ0v) is 12.0. The molecule has 20 heavy (non-hydrogen) atoms. The molecule has 2 N–H and O–H groups in total. The van der Waals surface area contributed by atoms with Crippen LogP contribution >= 0.6 is 0 Å². The molecule has 0 aromatic heterocycles. The number of amides is 2. The van der Waals surface area contributed by atoms with Crippen LogP contribution in [0.4, 0.5) is 4.79 Å². The molecule has 1 heterocycles. The lowest BCUT2D eigenvalue weighted by Gasteiger charge is -2.21. The van der Waals surface area contributed by atoms with Crippen LogP contribution in [0.5, 0.6) is 0 Å². The molecule has 1 unspecified atom stereocenters. The Morgan fingerprint density at radius 3 is 2.60 bits per heavy atom. The summed E-state index contributed by atoms with van der Waals surface area (Å²) in [5.41, 5.74) is 2.24.